The molecule has 0 spiro atoms. The lowest BCUT2D eigenvalue weighted by atomic mass is 9.44. The highest BCUT2D eigenvalue weighted by atomic mass is 35.5. The number of fused-ring (bicyclic) bond motifs is 6. The first-order valence-electron chi connectivity index (χ1n) is 18.3. The number of halogens is 3. The Morgan fingerprint density at radius 2 is 1.74 bits per heavy atom. The Bertz CT molecular complexity index is 1980. The third-order valence-electron chi connectivity index (χ3n) is 13.5. The van der Waals surface area contributed by atoms with Crippen LogP contribution in [-0.2, 0) is 9.59 Å². The molecule has 1 aromatic carbocycles. The van der Waals surface area contributed by atoms with Gasteiger partial charge in [-0.1, -0.05) is 25.5 Å². The highest BCUT2D eigenvalue weighted by Gasteiger charge is 2.75. The lowest BCUT2D eigenvalue weighted by Crippen LogP contribution is -2.69. The molecule has 7 N–H and O–H groups in total. The molecule has 5 fully saturated rings. The largest absolute Gasteiger partial charge is 0.477 e. The molecule has 12 nitrogen and oxygen atoms in total. The van der Waals surface area contributed by atoms with Gasteiger partial charge in [-0.25, -0.2) is 13.6 Å². The van der Waals surface area contributed by atoms with Gasteiger partial charge >= 0.3 is 5.97 Å². The fraction of sp³-hybridized carbons (Fsp3) is 0.590. The molecule has 15 heteroatoms. The number of piperazine rings is 1. The van der Waals surface area contributed by atoms with Crippen molar-refractivity contribution in [2.24, 2.45) is 28.6 Å². The monoisotopic (exact) mass is 777 g/mol. The van der Waals surface area contributed by atoms with Gasteiger partial charge in [0, 0.05) is 60.6 Å². The Kier molecular flexibility index (Phi) is 11.2. The maximum Gasteiger partial charge on any atom is 0.341 e. The van der Waals surface area contributed by atoms with Gasteiger partial charge in [-0.2, -0.15) is 0 Å². The third-order valence-corrected chi connectivity index (χ3v) is 13.5. The molecule has 2 heterocycles. The van der Waals surface area contributed by atoms with Crippen molar-refractivity contribution in [3.8, 4) is 0 Å². The topological polar surface area (TPSA) is 201 Å². The smallest absolute Gasteiger partial charge is 0.341 e. The Labute approximate surface area is 317 Å². The van der Waals surface area contributed by atoms with Crippen LogP contribution >= 0.6 is 12.4 Å². The van der Waals surface area contributed by atoms with Gasteiger partial charge in [-0.05, 0) is 81.6 Å². The molecule has 2 aromatic rings. The molecular formula is C39H50ClF2N3O9. The van der Waals surface area contributed by atoms with Gasteiger partial charge in [0.1, 0.15) is 23.6 Å². The number of carbonyl (C=O) groups is 3. The SMILES string of the molecule is C[C@@H]1C[C@H]2[C@@H]3CCC4=CC(=O)C=C[C@]4(C)[C@@]3(F)[C@@H](O)C[C@]2(C)[C@@]1(O)C(=O)CO.Cl.O.O=C(O)c1cn(C2CC2)c2cc(N3CCNCC3)c(F)cc2c1=O. The Morgan fingerprint density at radius 3 is 2.35 bits per heavy atom. The van der Waals surface area contributed by atoms with Crippen molar-refractivity contribution in [2.75, 3.05) is 37.7 Å². The van der Waals surface area contributed by atoms with Crippen LogP contribution in [0.3, 0.4) is 0 Å². The van der Waals surface area contributed by atoms with E-state index < -0.39 is 69.6 Å². The van der Waals surface area contributed by atoms with E-state index in [1.54, 1.807) is 32.9 Å². The number of allylic oxidation sites excluding steroid dienone is 4. The van der Waals surface area contributed by atoms with E-state index in [0.29, 0.717) is 49.1 Å². The van der Waals surface area contributed by atoms with Crippen molar-refractivity contribution in [3.05, 3.63) is 63.7 Å². The van der Waals surface area contributed by atoms with Crippen LogP contribution in [0.1, 0.15) is 75.7 Å². The second-order valence-electron chi connectivity index (χ2n) is 16.1. The number of benzene rings is 1. The molecule has 0 bridgehead atoms. The second-order valence-corrected chi connectivity index (χ2v) is 16.1. The van der Waals surface area contributed by atoms with E-state index >= 15 is 4.39 Å². The Morgan fingerprint density at radius 1 is 1.07 bits per heavy atom. The van der Waals surface area contributed by atoms with Gasteiger partial charge in [0.05, 0.1) is 17.3 Å². The number of carbonyl (C=O) groups excluding carboxylic acids is 2. The standard InChI is InChI=1S/C22H29FO5.C17H18FN3O3.ClH.H2O/c1-12-8-16-15-5-4-13-9-14(25)6-7-19(13,2)21(15,23)17(26)10-20(16,3)22(12,28)18(27)11-24;18-13-7-11-14(8-15(13)20-5-3-19-4-6-20)21(10-1-2-10)9-12(16(11)22)17(23)24;;/h6-7,9,12,15-17,24,26,28H,4-5,8,10-11H2,1-3H3;7-10,19H,1-6H2,(H,23,24);1H;1H2/t12-,15+,16+,17+,19+,20+,21+,22+;;;/m1.../s1. The number of ketones is 2. The molecule has 0 radical (unpaired) electrons. The lowest BCUT2D eigenvalue weighted by molar-refractivity contribution is -0.219. The van der Waals surface area contributed by atoms with Crippen LogP contribution < -0.4 is 15.6 Å². The molecule has 0 amide bonds. The minimum atomic E-state index is -1.98. The number of nitrogens with one attached hydrogen (secondary N) is 1. The maximum absolute atomic E-state index is 16.9. The zero-order valence-electron chi connectivity index (χ0n) is 30.6. The van der Waals surface area contributed by atoms with Crippen LogP contribution in [0.2, 0.25) is 0 Å². The summed E-state index contributed by atoms with van der Waals surface area (Å²) in [7, 11) is 0. The van der Waals surface area contributed by atoms with Crippen molar-refractivity contribution in [2.45, 2.75) is 82.7 Å². The molecule has 296 valence electrons. The zero-order valence-corrected chi connectivity index (χ0v) is 31.4. The summed E-state index contributed by atoms with van der Waals surface area (Å²) < 4.78 is 33.3. The predicted octanol–water partition coefficient (Wildman–Crippen LogP) is 3.08. The number of rotatable bonds is 5. The number of aromatic carboxylic acids is 1. The number of hydrogen-bond donors (Lipinski definition) is 5. The zero-order chi connectivity index (χ0) is 37.5. The van der Waals surface area contributed by atoms with E-state index in [4.69, 9.17) is 0 Å². The average molecular weight is 778 g/mol. The number of aliphatic hydroxyl groups is 3. The van der Waals surface area contributed by atoms with E-state index in [1.807, 2.05) is 9.47 Å². The number of carboxylic acids is 1. The molecule has 54 heavy (non-hydrogen) atoms. The first-order valence-corrected chi connectivity index (χ1v) is 18.3. The first kappa shape index (κ1) is 41.6. The molecular weight excluding hydrogens is 728 g/mol. The number of nitrogens with zero attached hydrogens (tertiary/aromatic N) is 2. The lowest BCUT2D eigenvalue weighted by Gasteiger charge is -2.62. The molecule has 0 unspecified atom stereocenters. The Hall–Kier alpha value is -3.53. The fourth-order valence-corrected chi connectivity index (χ4v) is 10.6. The first-order chi connectivity index (χ1) is 24.5. The number of alkyl halides is 1. The summed E-state index contributed by atoms with van der Waals surface area (Å²) in [5.74, 6) is -3.87. The van der Waals surface area contributed by atoms with Crippen molar-refractivity contribution < 1.29 is 49.1 Å². The van der Waals surface area contributed by atoms with E-state index in [9.17, 15) is 44.0 Å². The molecule has 4 saturated carbocycles. The van der Waals surface area contributed by atoms with Gasteiger partial charge < -0.3 is 40.7 Å². The summed E-state index contributed by atoms with van der Waals surface area (Å²) in [6.07, 6.45) is 7.73. The molecule has 8 atom stereocenters. The highest BCUT2D eigenvalue weighted by Crippen LogP contribution is 2.70. The van der Waals surface area contributed by atoms with Gasteiger partial charge in [0.25, 0.3) is 0 Å². The minimum Gasteiger partial charge on any atom is -0.477 e. The third kappa shape index (κ3) is 5.95. The number of aliphatic hydroxyl groups excluding tert-OH is 2. The van der Waals surface area contributed by atoms with Crippen LogP contribution in [0.25, 0.3) is 10.9 Å². The summed E-state index contributed by atoms with van der Waals surface area (Å²) in [5, 5.41) is 44.6. The number of hydrogen-bond acceptors (Lipinski definition) is 9. The number of Topliss-reactive ketones (excluding diaryl/α,β-unsaturated/α-hetero) is 1. The van der Waals surface area contributed by atoms with Crippen LogP contribution in [0.4, 0.5) is 14.5 Å². The van der Waals surface area contributed by atoms with Gasteiger partial charge in [0.15, 0.2) is 17.2 Å². The summed E-state index contributed by atoms with van der Waals surface area (Å²) >= 11 is 0. The van der Waals surface area contributed by atoms with Crippen LogP contribution in [0, 0.1) is 34.4 Å². The molecule has 5 aliphatic carbocycles. The van der Waals surface area contributed by atoms with Crippen LogP contribution in [0.5, 0.6) is 0 Å². The highest BCUT2D eigenvalue weighted by molar-refractivity contribution is 6.01. The normalized spacial score (nSPS) is 35.3. The second kappa shape index (κ2) is 14.5. The number of anilines is 1. The summed E-state index contributed by atoms with van der Waals surface area (Å²) in [5.41, 5.74) is -5.01. The molecule has 1 saturated heterocycles. The molecule has 6 aliphatic rings. The quantitative estimate of drug-likeness (QED) is 0.301. The molecule has 1 aliphatic heterocycles. The predicted molar refractivity (Wildman–Crippen MR) is 199 cm³/mol. The molecule has 8 rings (SSSR count). The van der Waals surface area contributed by atoms with Crippen LogP contribution in [-0.4, -0.2) is 98.2 Å². The van der Waals surface area contributed by atoms with Gasteiger partial charge in [-0.15, -0.1) is 12.4 Å². The summed E-state index contributed by atoms with van der Waals surface area (Å²) in [6, 6.07) is 3.08. The van der Waals surface area contributed by atoms with E-state index in [2.05, 4.69) is 5.32 Å². The van der Waals surface area contributed by atoms with Crippen molar-refractivity contribution in [1.29, 1.82) is 0 Å². The van der Waals surface area contributed by atoms with Gasteiger partial charge in [-0.3, -0.25) is 14.4 Å². The number of carboxylic acid groups (broad SMARTS) is 1. The number of pyridine rings is 1. The average Bonchev–Trinajstić information content (AvgIpc) is 3.94. The number of aromatic nitrogens is 1. The summed E-state index contributed by atoms with van der Waals surface area (Å²) in [6.45, 7) is 7.44. The van der Waals surface area contributed by atoms with E-state index in [0.717, 1.165) is 25.9 Å². The van der Waals surface area contributed by atoms with Gasteiger partial charge in [0.2, 0.25) is 5.43 Å². The summed E-state index contributed by atoms with van der Waals surface area (Å²) in [4.78, 5) is 50.1. The molecule has 1 aromatic heterocycles. The maximum atomic E-state index is 16.9. The van der Waals surface area contributed by atoms with Crippen LogP contribution in [0.15, 0.2) is 46.9 Å². The van der Waals surface area contributed by atoms with Crippen molar-refractivity contribution in [3.63, 3.8) is 0 Å². The minimum absolute atomic E-state index is 0. The van der Waals surface area contributed by atoms with Crippen molar-refractivity contribution >= 4 is 46.5 Å². The fourth-order valence-electron chi connectivity index (χ4n) is 10.6. The Balaban J connectivity index is 0.000000202. The van der Waals surface area contributed by atoms with E-state index in [1.165, 1.54) is 24.4 Å². The van der Waals surface area contributed by atoms with E-state index in [-0.39, 0.29) is 53.0 Å². The van der Waals surface area contributed by atoms with Crippen molar-refractivity contribution in [1.82, 2.24) is 9.88 Å².